The number of carbonyl (C=O) groups excluding carboxylic acids is 1. The first-order chi connectivity index (χ1) is 13.1. The van der Waals surface area contributed by atoms with E-state index in [1.165, 1.54) is 6.08 Å². The van der Waals surface area contributed by atoms with Crippen LogP contribution in [0.15, 0.2) is 42.7 Å². The molecule has 0 saturated heterocycles. The zero-order valence-electron chi connectivity index (χ0n) is 14.7. The number of imidazole rings is 1. The predicted molar refractivity (Wildman–Crippen MR) is 103 cm³/mol. The van der Waals surface area contributed by atoms with Crippen LogP contribution in [-0.2, 0) is 11.3 Å². The van der Waals surface area contributed by atoms with Crippen molar-refractivity contribution in [3.05, 3.63) is 64.6 Å². The molecule has 0 radical (unpaired) electrons. The molecular weight excluding hydrogens is 366 g/mol. The number of fused-ring (bicyclic) bond motifs is 2. The van der Waals surface area contributed by atoms with Gasteiger partial charge in [0.05, 0.1) is 17.3 Å². The van der Waals surface area contributed by atoms with Gasteiger partial charge in [-0.25, -0.2) is 4.98 Å². The van der Waals surface area contributed by atoms with Crippen LogP contribution in [0.3, 0.4) is 0 Å². The molecule has 1 N–H and O–H groups in total. The number of carbonyl (C=O) groups is 1. The third-order valence-corrected chi connectivity index (χ3v) is 4.50. The molecule has 0 aliphatic carbocycles. The Morgan fingerprint density at radius 3 is 3.07 bits per heavy atom. The summed E-state index contributed by atoms with van der Waals surface area (Å²) in [6.07, 6.45) is 7.00. The quantitative estimate of drug-likeness (QED) is 0.701. The second kappa shape index (κ2) is 7.32. The van der Waals surface area contributed by atoms with Crippen LogP contribution in [-0.4, -0.2) is 28.5 Å². The lowest BCUT2D eigenvalue weighted by Gasteiger charge is -2.19. The van der Waals surface area contributed by atoms with Crippen molar-refractivity contribution in [2.75, 3.05) is 13.2 Å². The first-order valence-corrected chi connectivity index (χ1v) is 8.96. The van der Waals surface area contributed by atoms with Gasteiger partial charge in [0.1, 0.15) is 18.9 Å². The average Bonchev–Trinajstić information content (AvgIpc) is 3.09. The van der Waals surface area contributed by atoms with Crippen molar-refractivity contribution in [1.82, 2.24) is 14.7 Å². The second-order valence-electron chi connectivity index (χ2n) is 6.23. The van der Waals surface area contributed by atoms with E-state index < -0.39 is 0 Å². The van der Waals surface area contributed by atoms with Crippen molar-refractivity contribution in [2.24, 2.45) is 0 Å². The maximum Gasteiger partial charge on any atom is 0.244 e. The average molecular weight is 384 g/mol. The van der Waals surface area contributed by atoms with Crippen LogP contribution in [0.5, 0.6) is 11.5 Å². The van der Waals surface area contributed by atoms with Crippen molar-refractivity contribution in [3.8, 4) is 11.5 Å². The number of amides is 1. The van der Waals surface area contributed by atoms with Gasteiger partial charge in [0, 0.05) is 18.5 Å². The van der Waals surface area contributed by atoms with Gasteiger partial charge >= 0.3 is 0 Å². The van der Waals surface area contributed by atoms with Crippen LogP contribution in [0.25, 0.3) is 11.7 Å². The lowest BCUT2D eigenvalue weighted by atomic mass is 10.1. The van der Waals surface area contributed by atoms with Gasteiger partial charge in [0.2, 0.25) is 5.91 Å². The molecule has 6 nitrogen and oxygen atoms in total. The fraction of sp³-hybridized carbons (Fsp3) is 0.200. The molecule has 0 spiro atoms. The van der Waals surface area contributed by atoms with Crippen LogP contribution in [0.1, 0.15) is 16.8 Å². The highest BCUT2D eigenvalue weighted by molar-refractivity contribution is 6.32. The Balaban J connectivity index is 1.41. The topological polar surface area (TPSA) is 64.9 Å². The predicted octanol–water partition coefficient (Wildman–Crippen LogP) is 3.40. The van der Waals surface area contributed by atoms with Crippen LogP contribution in [0, 0.1) is 6.92 Å². The lowest BCUT2D eigenvalue weighted by molar-refractivity contribution is -0.116. The highest BCUT2D eigenvalue weighted by Gasteiger charge is 2.16. The number of aromatic nitrogens is 2. The highest BCUT2D eigenvalue weighted by atomic mass is 35.5. The second-order valence-corrected chi connectivity index (χ2v) is 6.64. The number of halogens is 1. The van der Waals surface area contributed by atoms with Crippen molar-refractivity contribution in [1.29, 1.82) is 0 Å². The van der Waals surface area contributed by atoms with Gasteiger partial charge in [-0.2, -0.15) is 0 Å². The maximum atomic E-state index is 12.1. The number of aryl methyl sites for hydroxylation is 1. The molecule has 0 atom stereocenters. The molecule has 138 valence electrons. The zero-order valence-corrected chi connectivity index (χ0v) is 15.5. The molecule has 0 bridgehead atoms. The number of rotatable bonds is 4. The molecule has 1 aliphatic rings. The van der Waals surface area contributed by atoms with Gasteiger partial charge in [0.25, 0.3) is 0 Å². The first-order valence-electron chi connectivity index (χ1n) is 8.58. The lowest BCUT2D eigenvalue weighted by Crippen LogP contribution is -2.20. The van der Waals surface area contributed by atoms with Gasteiger partial charge in [-0.05, 0) is 42.3 Å². The molecule has 1 amide bonds. The van der Waals surface area contributed by atoms with Crippen molar-refractivity contribution in [3.63, 3.8) is 0 Å². The Morgan fingerprint density at radius 2 is 2.22 bits per heavy atom. The summed E-state index contributed by atoms with van der Waals surface area (Å²) in [6.45, 7) is 3.32. The Bertz CT molecular complexity index is 1040. The summed E-state index contributed by atoms with van der Waals surface area (Å²) in [5, 5.41) is 3.30. The van der Waals surface area contributed by atoms with E-state index in [0.717, 1.165) is 22.5 Å². The standard InChI is InChI=1S/C20H18ClN3O3/c1-13-3-2-6-24-12-15(23-20(13)24)11-22-18(25)5-4-14-9-16(21)19-17(10-14)26-7-8-27-19/h2-6,9-10,12H,7-8,11H2,1H3,(H,22,25)/b5-4+. The molecule has 2 aromatic heterocycles. The van der Waals surface area contributed by atoms with E-state index in [4.69, 9.17) is 21.1 Å². The molecule has 3 aromatic rings. The van der Waals surface area contributed by atoms with E-state index in [2.05, 4.69) is 10.3 Å². The third kappa shape index (κ3) is 3.75. The third-order valence-electron chi connectivity index (χ3n) is 4.22. The maximum absolute atomic E-state index is 12.1. The van der Waals surface area contributed by atoms with Gasteiger partial charge in [0.15, 0.2) is 11.5 Å². The SMILES string of the molecule is Cc1cccn2cc(CNC(=O)/C=C/c3cc(Cl)c4c(c3)OCCO4)nc12. The smallest absolute Gasteiger partial charge is 0.244 e. The van der Waals surface area contributed by atoms with E-state index in [-0.39, 0.29) is 5.91 Å². The van der Waals surface area contributed by atoms with E-state index in [1.54, 1.807) is 18.2 Å². The van der Waals surface area contributed by atoms with Gasteiger partial charge in [-0.3, -0.25) is 4.79 Å². The van der Waals surface area contributed by atoms with E-state index >= 15 is 0 Å². The van der Waals surface area contributed by atoms with E-state index in [1.807, 2.05) is 35.9 Å². The van der Waals surface area contributed by atoms with Gasteiger partial charge < -0.3 is 19.2 Å². The molecule has 1 aromatic carbocycles. The molecule has 1 aliphatic heterocycles. The minimum absolute atomic E-state index is 0.213. The summed E-state index contributed by atoms with van der Waals surface area (Å²) in [4.78, 5) is 16.7. The number of nitrogens with one attached hydrogen (secondary N) is 1. The van der Waals surface area contributed by atoms with Crippen LogP contribution >= 0.6 is 11.6 Å². The normalized spacial score (nSPS) is 13.3. The molecule has 0 fully saturated rings. The first kappa shape index (κ1) is 17.4. The monoisotopic (exact) mass is 383 g/mol. The summed E-state index contributed by atoms with van der Waals surface area (Å²) in [6, 6.07) is 7.51. The summed E-state index contributed by atoms with van der Waals surface area (Å²) >= 11 is 6.21. The Kier molecular flexibility index (Phi) is 4.73. The molecule has 0 unspecified atom stereocenters. The van der Waals surface area contributed by atoms with Gasteiger partial charge in [-0.15, -0.1) is 0 Å². The minimum Gasteiger partial charge on any atom is -0.486 e. The van der Waals surface area contributed by atoms with Crippen LogP contribution in [0.2, 0.25) is 5.02 Å². The number of hydrogen-bond acceptors (Lipinski definition) is 4. The van der Waals surface area contributed by atoms with Crippen molar-refractivity contribution in [2.45, 2.75) is 13.5 Å². The van der Waals surface area contributed by atoms with Crippen molar-refractivity contribution < 1.29 is 14.3 Å². The highest BCUT2D eigenvalue weighted by Crippen LogP contribution is 2.38. The fourth-order valence-electron chi connectivity index (χ4n) is 2.93. The Hall–Kier alpha value is -2.99. The molecule has 4 rings (SSSR count). The number of pyridine rings is 1. The number of nitrogens with zero attached hydrogens (tertiary/aromatic N) is 2. The van der Waals surface area contributed by atoms with Crippen molar-refractivity contribution >= 4 is 29.2 Å². The molecule has 3 heterocycles. The summed E-state index contributed by atoms with van der Waals surface area (Å²) in [7, 11) is 0. The van der Waals surface area contributed by atoms with Crippen LogP contribution < -0.4 is 14.8 Å². The molecule has 7 heteroatoms. The zero-order chi connectivity index (χ0) is 18.8. The number of ether oxygens (including phenoxy) is 2. The molecule has 27 heavy (non-hydrogen) atoms. The Labute approximate surface area is 161 Å². The Morgan fingerprint density at radius 1 is 1.37 bits per heavy atom. The summed E-state index contributed by atoms with van der Waals surface area (Å²) in [5.74, 6) is 0.926. The van der Waals surface area contributed by atoms with E-state index in [0.29, 0.717) is 36.3 Å². The fourth-order valence-corrected chi connectivity index (χ4v) is 3.20. The number of benzene rings is 1. The minimum atomic E-state index is -0.213. The molecular formula is C20H18ClN3O3. The van der Waals surface area contributed by atoms with Gasteiger partial charge in [-0.1, -0.05) is 17.7 Å². The summed E-state index contributed by atoms with van der Waals surface area (Å²) in [5.41, 5.74) is 3.55. The number of hydrogen-bond donors (Lipinski definition) is 1. The van der Waals surface area contributed by atoms with Crippen LogP contribution in [0.4, 0.5) is 0 Å². The summed E-state index contributed by atoms with van der Waals surface area (Å²) < 4.78 is 13.0. The van der Waals surface area contributed by atoms with E-state index in [9.17, 15) is 4.79 Å². The molecule has 0 saturated carbocycles. The largest absolute Gasteiger partial charge is 0.486 e.